The molecule has 0 saturated carbocycles. The van der Waals surface area contributed by atoms with Crippen LogP contribution < -0.4 is 15.8 Å². The number of nitrogens with zero attached hydrogens (tertiary/aromatic N) is 4. The number of nitrogens with two attached hydrogens (primary N) is 1. The summed E-state index contributed by atoms with van der Waals surface area (Å²) in [6.45, 7) is 4.42. The first-order valence-corrected chi connectivity index (χ1v) is 8.65. The Morgan fingerprint density at radius 1 is 1.22 bits per heavy atom. The normalized spacial score (nSPS) is 12.8. The second-order valence-corrected chi connectivity index (χ2v) is 6.19. The number of para-hydroxylation sites is 1. The molecule has 0 aliphatic rings. The Labute approximate surface area is 158 Å². The molecule has 2 heterocycles. The van der Waals surface area contributed by atoms with Gasteiger partial charge in [-0.3, -0.25) is 9.39 Å². The molecule has 140 valence electrons. The minimum absolute atomic E-state index is 0.616. The fraction of sp³-hybridized carbons (Fsp3) is 0.250. The Morgan fingerprint density at radius 2 is 2.00 bits per heavy atom. The van der Waals surface area contributed by atoms with Gasteiger partial charge < -0.3 is 15.8 Å². The van der Waals surface area contributed by atoms with E-state index in [1.165, 1.54) is 0 Å². The zero-order valence-corrected chi connectivity index (χ0v) is 16.0. The highest BCUT2D eigenvalue weighted by Gasteiger charge is 2.15. The number of benzene rings is 1. The maximum Gasteiger partial charge on any atom is 0.170 e. The van der Waals surface area contributed by atoms with Gasteiger partial charge in [-0.25, -0.2) is 0 Å². The first-order valence-electron chi connectivity index (χ1n) is 8.65. The van der Waals surface area contributed by atoms with Crippen LogP contribution in [0.2, 0.25) is 0 Å². The first kappa shape index (κ1) is 18.4. The summed E-state index contributed by atoms with van der Waals surface area (Å²) < 4.78 is 7.33. The molecule has 0 aliphatic heterocycles. The van der Waals surface area contributed by atoms with Crippen LogP contribution >= 0.6 is 0 Å². The molecule has 0 bridgehead atoms. The van der Waals surface area contributed by atoms with Gasteiger partial charge in [0.15, 0.2) is 5.65 Å². The van der Waals surface area contributed by atoms with E-state index in [0.717, 1.165) is 39.6 Å². The van der Waals surface area contributed by atoms with Gasteiger partial charge in [-0.05, 0) is 32.0 Å². The van der Waals surface area contributed by atoms with Crippen LogP contribution in [0.3, 0.4) is 0 Å². The number of pyridine rings is 1. The van der Waals surface area contributed by atoms with Gasteiger partial charge in [-0.15, -0.1) is 10.2 Å². The van der Waals surface area contributed by atoms with Gasteiger partial charge in [-0.1, -0.05) is 18.2 Å². The molecule has 0 atom stereocenters. The summed E-state index contributed by atoms with van der Waals surface area (Å²) in [5.41, 5.74) is 11.2. The summed E-state index contributed by atoms with van der Waals surface area (Å²) >= 11 is 0. The number of aromatic nitrogens is 3. The SMILES string of the molecule is CN=C(C)C(=C(C)N)c1ccc(NCc2ccccc2OC)n2cnnc12. The molecule has 0 unspecified atom stereocenters. The third-order valence-electron chi connectivity index (χ3n) is 4.47. The van der Waals surface area contributed by atoms with E-state index in [-0.39, 0.29) is 0 Å². The van der Waals surface area contributed by atoms with Crippen molar-refractivity contribution in [1.29, 1.82) is 0 Å². The molecule has 3 rings (SSSR count). The summed E-state index contributed by atoms with van der Waals surface area (Å²) in [6, 6.07) is 11.9. The number of ether oxygens (including phenoxy) is 1. The fourth-order valence-electron chi connectivity index (χ4n) is 3.09. The highest BCUT2D eigenvalue weighted by Crippen LogP contribution is 2.26. The summed E-state index contributed by atoms with van der Waals surface area (Å²) in [5, 5.41) is 11.8. The monoisotopic (exact) mass is 364 g/mol. The lowest BCUT2D eigenvalue weighted by molar-refractivity contribution is 0.410. The Balaban J connectivity index is 1.99. The van der Waals surface area contributed by atoms with Gasteiger partial charge in [0.05, 0.1) is 7.11 Å². The van der Waals surface area contributed by atoms with Crippen LogP contribution in [0.15, 0.2) is 53.4 Å². The van der Waals surface area contributed by atoms with Crippen molar-refractivity contribution in [3.8, 4) is 5.75 Å². The summed E-state index contributed by atoms with van der Waals surface area (Å²) in [6.07, 6.45) is 1.69. The van der Waals surface area contributed by atoms with Crippen molar-refractivity contribution in [2.24, 2.45) is 10.7 Å². The van der Waals surface area contributed by atoms with Crippen molar-refractivity contribution in [3.05, 3.63) is 59.5 Å². The lowest BCUT2D eigenvalue weighted by Gasteiger charge is -2.15. The first-order chi connectivity index (χ1) is 13.1. The molecular weight excluding hydrogens is 340 g/mol. The van der Waals surface area contributed by atoms with Crippen LogP contribution in [0.25, 0.3) is 11.2 Å². The predicted octanol–water partition coefficient (Wildman–Crippen LogP) is 3.13. The number of allylic oxidation sites excluding steroid dienone is 2. The highest BCUT2D eigenvalue weighted by molar-refractivity contribution is 6.24. The number of hydrogen-bond acceptors (Lipinski definition) is 6. The van der Waals surface area contributed by atoms with E-state index in [2.05, 4.69) is 20.5 Å². The largest absolute Gasteiger partial charge is 0.496 e. The van der Waals surface area contributed by atoms with Gasteiger partial charge >= 0.3 is 0 Å². The molecule has 7 heteroatoms. The van der Waals surface area contributed by atoms with Gasteiger partial charge in [0, 0.05) is 41.7 Å². The smallest absolute Gasteiger partial charge is 0.170 e. The van der Waals surface area contributed by atoms with Gasteiger partial charge in [0.25, 0.3) is 0 Å². The van der Waals surface area contributed by atoms with Crippen LogP contribution in [0.1, 0.15) is 25.0 Å². The molecule has 2 aromatic heterocycles. The highest BCUT2D eigenvalue weighted by atomic mass is 16.5. The maximum absolute atomic E-state index is 6.12. The van der Waals surface area contributed by atoms with E-state index in [4.69, 9.17) is 10.5 Å². The van der Waals surface area contributed by atoms with Crippen molar-refractivity contribution in [1.82, 2.24) is 14.6 Å². The standard InChI is InChI=1S/C20H24N6O/c1-13(21)19(14(2)22-3)16-9-10-18(26-12-24-25-20(16)26)23-11-15-7-5-6-8-17(15)27-4/h5-10,12,23H,11,21H2,1-4H3. The second kappa shape index (κ2) is 7.90. The van der Waals surface area contributed by atoms with E-state index < -0.39 is 0 Å². The van der Waals surface area contributed by atoms with Gasteiger partial charge in [0.2, 0.25) is 0 Å². The molecule has 3 N–H and O–H groups in total. The number of hydrogen-bond donors (Lipinski definition) is 2. The zero-order valence-electron chi connectivity index (χ0n) is 16.0. The molecule has 0 amide bonds. The quantitative estimate of drug-likeness (QED) is 0.656. The summed E-state index contributed by atoms with van der Waals surface area (Å²) in [5.74, 6) is 1.73. The molecular formula is C20H24N6O. The van der Waals surface area contributed by atoms with E-state index in [1.54, 1.807) is 20.5 Å². The predicted molar refractivity (Wildman–Crippen MR) is 109 cm³/mol. The molecule has 0 fully saturated rings. The number of anilines is 1. The van der Waals surface area contributed by atoms with Crippen LogP contribution in [0.4, 0.5) is 5.82 Å². The molecule has 7 nitrogen and oxygen atoms in total. The van der Waals surface area contributed by atoms with Crippen molar-refractivity contribution >= 4 is 22.7 Å². The number of rotatable bonds is 6. The molecule has 1 aromatic carbocycles. The third-order valence-corrected chi connectivity index (χ3v) is 4.47. The van der Waals surface area contributed by atoms with E-state index in [9.17, 15) is 0 Å². The lowest BCUT2D eigenvalue weighted by atomic mass is 10.0. The number of methoxy groups -OCH3 is 1. The van der Waals surface area contributed by atoms with Crippen LogP contribution in [0, 0.1) is 0 Å². The van der Waals surface area contributed by atoms with Crippen LogP contribution in [-0.4, -0.2) is 34.5 Å². The van der Waals surface area contributed by atoms with Gasteiger partial charge in [-0.2, -0.15) is 0 Å². The van der Waals surface area contributed by atoms with Gasteiger partial charge in [0.1, 0.15) is 17.9 Å². The average Bonchev–Trinajstić information content (AvgIpc) is 3.17. The number of aliphatic imine (C=N–C) groups is 1. The van der Waals surface area contributed by atoms with E-state index in [0.29, 0.717) is 12.2 Å². The Morgan fingerprint density at radius 3 is 2.70 bits per heavy atom. The molecule has 0 aliphatic carbocycles. The maximum atomic E-state index is 6.12. The van der Waals surface area contributed by atoms with Crippen LogP contribution in [0.5, 0.6) is 5.75 Å². The minimum Gasteiger partial charge on any atom is -0.496 e. The van der Waals surface area contributed by atoms with Crippen molar-refractivity contribution in [2.45, 2.75) is 20.4 Å². The average molecular weight is 364 g/mol. The van der Waals surface area contributed by atoms with E-state index in [1.807, 2.05) is 54.6 Å². The van der Waals surface area contributed by atoms with Crippen molar-refractivity contribution < 1.29 is 4.74 Å². The molecule has 27 heavy (non-hydrogen) atoms. The summed E-state index contributed by atoms with van der Waals surface area (Å²) in [4.78, 5) is 4.29. The number of fused-ring (bicyclic) bond motifs is 1. The third kappa shape index (κ3) is 3.62. The van der Waals surface area contributed by atoms with Crippen LogP contribution in [-0.2, 0) is 6.54 Å². The Kier molecular flexibility index (Phi) is 5.40. The number of nitrogens with one attached hydrogen (secondary N) is 1. The molecule has 0 radical (unpaired) electrons. The molecule has 0 saturated heterocycles. The molecule has 3 aromatic rings. The second-order valence-electron chi connectivity index (χ2n) is 6.19. The summed E-state index contributed by atoms with van der Waals surface area (Å²) in [7, 11) is 3.43. The lowest BCUT2D eigenvalue weighted by Crippen LogP contribution is -2.09. The topological polar surface area (TPSA) is 89.8 Å². The van der Waals surface area contributed by atoms with Crippen molar-refractivity contribution in [2.75, 3.05) is 19.5 Å². The minimum atomic E-state index is 0.616. The Hall–Kier alpha value is -3.35. The fourth-order valence-corrected chi connectivity index (χ4v) is 3.09. The van der Waals surface area contributed by atoms with E-state index >= 15 is 0 Å². The molecule has 0 spiro atoms. The Bertz CT molecular complexity index is 1010. The van der Waals surface area contributed by atoms with Crippen molar-refractivity contribution in [3.63, 3.8) is 0 Å². The zero-order chi connectivity index (χ0) is 19.4.